The van der Waals surface area contributed by atoms with E-state index >= 15 is 0 Å². The van der Waals surface area contributed by atoms with E-state index < -0.39 is 0 Å². The van der Waals surface area contributed by atoms with Crippen LogP contribution in [0.1, 0.15) is 20.7 Å². The number of anilines is 1. The number of morpholine rings is 1. The Morgan fingerprint density at radius 3 is 1.79 bits per heavy atom. The van der Waals surface area contributed by atoms with E-state index in [1.54, 1.807) is 46.2 Å². The third kappa shape index (κ3) is 4.24. The van der Waals surface area contributed by atoms with Crippen molar-refractivity contribution in [2.75, 3.05) is 57.4 Å². The second kappa shape index (κ2) is 8.61. The van der Waals surface area contributed by atoms with Crippen LogP contribution in [0.4, 0.5) is 10.1 Å². The number of halogens is 1. The van der Waals surface area contributed by atoms with E-state index in [2.05, 4.69) is 0 Å². The maximum Gasteiger partial charge on any atom is 0.254 e. The van der Waals surface area contributed by atoms with Gasteiger partial charge in [0.15, 0.2) is 0 Å². The van der Waals surface area contributed by atoms with Gasteiger partial charge in [-0.2, -0.15) is 0 Å². The SMILES string of the molecule is O=C(c1ccc(C(=O)N2CCN(c3ccccc3F)CC2)cc1)N1CCOCC1. The molecule has 152 valence electrons. The van der Waals surface area contributed by atoms with Gasteiger partial charge in [-0.15, -0.1) is 0 Å². The summed E-state index contributed by atoms with van der Waals surface area (Å²) >= 11 is 0. The molecule has 7 heteroatoms. The molecule has 2 aliphatic rings. The summed E-state index contributed by atoms with van der Waals surface area (Å²) in [4.78, 5) is 30.8. The average molecular weight is 397 g/mol. The summed E-state index contributed by atoms with van der Waals surface area (Å²) in [6.45, 7) is 4.52. The lowest BCUT2D eigenvalue weighted by Gasteiger charge is -2.36. The molecule has 0 saturated carbocycles. The fourth-order valence-corrected chi connectivity index (χ4v) is 3.75. The molecule has 2 amide bonds. The summed E-state index contributed by atoms with van der Waals surface area (Å²) in [5, 5.41) is 0. The van der Waals surface area contributed by atoms with Crippen molar-refractivity contribution in [3.8, 4) is 0 Å². The van der Waals surface area contributed by atoms with Gasteiger partial charge in [-0.3, -0.25) is 9.59 Å². The Labute approximate surface area is 169 Å². The summed E-state index contributed by atoms with van der Waals surface area (Å²) < 4.78 is 19.2. The highest BCUT2D eigenvalue weighted by Crippen LogP contribution is 2.21. The monoisotopic (exact) mass is 397 g/mol. The van der Waals surface area contributed by atoms with Gasteiger partial charge in [0.2, 0.25) is 0 Å². The van der Waals surface area contributed by atoms with Gasteiger partial charge < -0.3 is 19.4 Å². The minimum Gasteiger partial charge on any atom is -0.378 e. The van der Waals surface area contributed by atoms with E-state index in [-0.39, 0.29) is 17.6 Å². The van der Waals surface area contributed by atoms with E-state index in [0.29, 0.717) is 69.3 Å². The standard InChI is InChI=1S/C22H24FN3O3/c23-19-3-1-2-4-20(19)24-9-11-25(12-10-24)21(27)17-5-7-18(8-6-17)22(28)26-13-15-29-16-14-26/h1-8H,9-16H2. The number of nitrogens with zero attached hydrogens (tertiary/aromatic N) is 3. The zero-order valence-electron chi connectivity index (χ0n) is 16.2. The first-order valence-electron chi connectivity index (χ1n) is 9.89. The molecule has 0 N–H and O–H groups in total. The van der Waals surface area contributed by atoms with Crippen LogP contribution in [-0.4, -0.2) is 74.1 Å². The highest BCUT2D eigenvalue weighted by Gasteiger charge is 2.24. The van der Waals surface area contributed by atoms with E-state index in [1.165, 1.54) is 6.07 Å². The second-order valence-electron chi connectivity index (χ2n) is 7.21. The first kappa shape index (κ1) is 19.4. The summed E-state index contributed by atoms with van der Waals surface area (Å²) in [6.07, 6.45) is 0. The molecule has 2 fully saturated rings. The molecule has 6 nitrogen and oxygen atoms in total. The molecule has 0 bridgehead atoms. The van der Waals surface area contributed by atoms with Gasteiger partial charge in [0, 0.05) is 50.4 Å². The number of benzene rings is 2. The molecule has 2 saturated heterocycles. The Morgan fingerprint density at radius 2 is 1.24 bits per heavy atom. The van der Waals surface area contributed by atoms with Crippen molar-refractivity contribution in [2.45, 2.75) is 0 Å². The average Bonchev–Trinajstić information content (AvgIpc) is 2.79. The minimum atomic E-state index is -0.243. The van der Waals surface area contributed by atoms with Crippen molar-refractivity contribution in [1.29, 1.82) is 0 Å². The summed E-state index contributed by atoms with van der Waals surface area (Å²) in [5.74, 6) is -0.345. The molecule has 0 unspecified atom stereocenters. The van der Waals surface area contributed by atoms with Crippen molar-refractivity contribution < 1.29 is 18.7 Å². The molecule has 2 aromatic rings. The third-order valence-electron chi connectivity index (χ3n) is 5.44. The number of hydrogen-bond acceptors (Lipinski definition) is 4. The maximum absolute atomic E-state index is 14.0. The molecule has 2 aromatic carbocycles. The lowest BCUT2D eigenvalue weighted by molar-refractivity contribution is 0.0303. The topological polar surface area (TPSA) is 53.1 Å². The molecule has 0 spiro atoms. The number of carbonyl (C=O) groups excluding carboxylic acids is 2. The van der Waals surface area contributed by atoms with Crippen LogP contribution < -0.4 is 4.90 Å². The molecular weight excluding hydrogens is 373 g/mol. The molecule has 0 radical (unpaired) electrons. The van der Waals surface area contributed by atoms with Crippen LogP contribution in [0.25, 0.3) is 0 Å². The number of ether oxygens (including phenoxy) is 1. The molecule has 0 aromatic heterocycles. The highest BCUT2D eigenvalue weighted by molar-refractivity contribution is 5.98. The summed E-state index contributed by atoms with van der Waals surface area (Å²) in [5.41, 5.74) is 1.71. The maximum atomic E-state index is 14.0. The fourth-order valence-electron chi connectivity index (χ4n) is 3.75. The van der Waals surface area contributed by atoms with Crippen molar-refractivity contribution in [3.05, 3.63) is 65.5 Å². The first-order chi connectivity index (χ1) is 14.1. The van der Waals surface area contributed by atoms with Crippen LogP contribution in [0.5, 0.6) is 0 Å². The number of rotatable bonds is 3. The van der Waals surface area contributed by atoms with E-state index in [4.69, 9.17) is 4.74 Å². The van der Waals surface area contributed by atoms with Gasteiger partial charge in [-0.1, -0.05) is 12.1 Å². The Bertz CT molecular complexity index is 873. The van der Waals surface area contributed by atoms with Gasteiger partial charge in [-0.25, -0.2) is 4.39 Å². The predicted octanol–water partition coefficient (Wildman–Crippen LogP) is 2.26. The Hall–Kier alpha value is -2.93. The second-order valence-corrected chi connectivity index (χ2v) is 7.21. The number of piperazine rings is 1. The Balaban J connectivity index is 1.36. The van der Waals surface area contributed by atoms with Crippen LogP contribution in [0.3, 0.4) is 0 Å². The zero-order chi connectivity index (χ0) is 20.2. The Morgan fingerprint density at radius 1 is 0.724 bits per heavy atom. The van der Waals surface area contributed by atoms with Gasteiger partial charge in [-0.05, 0) is 36.4 Å². The molecule has 29 heavy (non-hydrogen) atoms. The number of para-hydroxylation sites is 1. The van der Waals surface area contributed by atoms with Crippen LogP contribution in [0.15, 0.2) is 48.5 Å². The number of hydrogen-bond donors (Lipinski definition) is 0. The normalized spacial score (nSPS) is 17.3. The number of amides is 2. The van der Waals surface area contributed by atoms with Gasteiger partial charge in [0.25, 0.3) is 11.8 Å². The van der Waals surface area contributed by atoms with Crippen LogP contribution in [0.2, 0.25) is 0 Å². The van der Waals surface area contributed by atoms with Crippen LogP contribution in [0, 0.1) is 5.82 Å². The van der Waals surface area contributed by atoms with Gasteiger partial charge in [0.05, 0.1) is 18.9 Å². The quantitative estimate of drug-likeness (QED) is 0.797. The number of carbonyl (C=O) groups is 2. The zero-order valence-corrected chi connectivity index (χ0v) is 16.2. The van der Waals surface area contributed by atoms with Crippen LogP contribution >= 0.6 is 0 Å². The van der Waals surface area contributed by atoms with Crippen molar-refractivity contribution in [3.63, 3.8) is 0 Å². The van der Waals surface area contributed by atoms with E-state index in [1.807, 2.05) is 11.0 Å². The lowest BCUT2D eigenvalue weighted by Crippen LogP contribution is -2.49. The first-order valence-corrected chi connectivity index (χ1v) is 9.89. The molecule has 2 heterocycles. The largest absolute Gasteiger partial charge is 0.378 e. The van der Waals surface area contributed by atoms with Crippen LogP contribution in [-0.2, 0) is 4.74 Å². The fraction of sp³-hybridized carbons (Fsp3) is 0.364. The third-order valence-corrected chi connectivity index (χ3v) is 5.44. The van der Waals surface area contributed by atoms with Crippen molar-refractivity contribution >= 4 is 17.5 Å². The lowest BCUT2D eigenvalue weighted by atomic mass is 10.1. The smallest absolute Gasteiger partial charge is 0.254 e. The summed E-state index contributed by atoms with van der Waals surface area (Å²) in [7, 11) is 0. The van der Waals surface area contributed by atoms with E-state index in [9.17, 15) is 14.0 Å². The molecule has 2 aliphatic heterocycles. The van der Waals surface area contributed by atoms with Crippen molar-refractivity contribution in [1.82, 2.24) is 9.80 Å². The molecular formula is C22H24FN3O3. The Kier molecular flexibility index (Phi) is 5.76. The van der Waals surface area contributed by atoms with E-state index in [0.717, 1.165) is 0 Å². The molecule has 0 atom stereocenters. The van der Waals surface area contributed by atoms with Gasteiger partial charge in [0.1, 0.15) is 5.82 Å². The van der Waals surface area contributed by atoms with Crippen molar-refractivity contribution in [2.24, 2.45) is 0 Å². The van der Waals surface area contributed by atoms with Gasteiger partial charge >= 0.3 is 0 Å². The summed E-state index contributed by atoms with van der Waals surface area (Å²) in [6, 6.07) is 13.5. The minimum absolute atomic E-state index is 0.0363. The molecule has 0 aliphatic carbocycles. The highest BCUT2D eigenvalue weighted by atomic mass is 19.1. The predicted molar refractivity (Wildman–Crippen MR) is 108 cm³/mol. The molecule has 4 rings (SSSR count).